The molecular weight excluding hydrogens is 284 g/mol. The molecule has 0 aromatic rings. The van der Waals surface area contributed by atoms with Gasteiger partial charge in [0.2, 0.25) is 0 Å². The summed E-state index contributed by atoms with van der Waals surface area (Å²) < 4.78 is 0. The number of hydroxylamine groups is 3. The van der Waals surface area contributed by atoms with E-state index in [4.69, 9.17) is 9.94 Å². The lowest BCUT2D eigenvalue weighted by atomic mass is 10.0. The van der Waals surface area contributed by atoms with Crippen molar-refractivity contribution >= 4 is 18.0 Å². The number of carboxylic acid groups (broad SMARTS) is 1. The monoisotopic (exact) mass is 302 g/mol. The number of hydrogen-bond donors (Lipinski definition) is 4. The number of rotatable bonds is 5. The van der Waals surface area contributed by atoms with E-state index in [0.29, 0.717) is 24.4 Å². The van der Waals surface area contributed by atoms with E-state index in [1.807, 2.05) is 0 Å². The molecule has 2 heterocycles. The number of hydrogen-bond acceptors (Lipinski definition) is 5. The molecule has 0 spiro atoms. The lowest BCUT2D eigenvalue weighted by Gasteiger charge is -2.29. The molecule has 2 saturated heterocycles. The van der Waals surface area contributed by atoms with Crippen LogP contribution < -0.4 is 10.8 Å². The average Bonchev–Trinajstić information content (AvgIpc) is 2.63. The summed E-state index contributed by atoms with van der Waals surface area (Å²) in [5, 5.41) is 20.8. The summed E-state index contributed by atoms with van der Waals surface area (Å²) in [5.41, 5.74) is 2.21. The van der Waals surface area contributed by atoms with E-state index in [1.54, 1.807) is 6.92 Å². The molecule has 10 heteroatoms. The van der Waals surface area contributed by atoms with E-state index in [9.17, 15) is 19.6 Å². The SMILES string of the molecule is C[C@@H](CONC(=O)[C@@H]1CCC2CN1C(=O)N2O)NC(=O)O. The first-order valence-electron chi connectivity index (χ1n) is 6.60. The van der Waals surface area contributed by atoms with Gasteiger partial charge in [-0.2, -0.15) is 0 Å². The van der Waals surface area contributed by atoms with Crippen molar-refractivity contribution in [3.05, 3.63) is 0 Å². The molecule has 2 fully saturated rings. The Balaban J connectivity index is 1.79. The number of fused-ring (bicyclic) bond motifs is 2. The van der Waals surface area contributed by atoms with Crippen LogP contribution >= 0.6 is 0 Å². The molecule has 4 N–H and O–H groups in total. The normalized spacial score (nSPS) is 25.7. The number of nitrogens with one attached hydrogen (secondary N) is 2. The fourth-order valence-corrected chi connectivity index (χ4v) is 2.48. The van der Waals surface area contributed by atoms with Gasteiger partial charge in [-0.05, 0) is 19.8 Å². The first-order valence-corrected chi connectivity index (χ1v) is 6.60. The number of nitrogens with zero attached hydrogens (tertiary/aromatic N) is 2. The second-order valence-electron chi connectivity index (χ2n) is 5.15. The molecule has 2 aliphatic rings. The largest absolute Gasteiger partial charge is 0.465 e. The molecule has 3 atom stereocenters. The van der Waals surface area contributed by atoms with Crippen molar-refractivity contribution in [2.45, 2.75) is 37.9 Å². The second kappa shape index (κ2) is 6.14. The van der Waals surface area contributed by atoms with Crippen LogP contribution in [0.2, 0.25) is 0 Å². The van der Waals surface area contributed by atoms with E-state index in [1.165, 1.54) is 4.90 Å². The zero-order chi connectivity index (χ0) is 15.6. The standard InChI is InChI=1S/C11H18N4O6/c1-6(12-10(17)18)5-21-13-9(16)8-3-2-7-4-14(8)11(19)15(7)20/h6-8,12,20H,2-5H2,1H3,(H,13,16)(H,17,18)/t6-,7?,8-/m0/s1. The Kier molecular flexibility index (Phi) is 4.48. The van der Waals surface area contributed by atoms with Crippen LogP contribution in [0.15, 0.2) is 0 Å². The fourth-order valence-electron chi connectivity index (χ4n) is 2.48. The lowest BCUT2D eigenvalue weighted by Crippen LogP contribution is -2.50. The van der Waals surface area contributed by atoms with Crippen LogP contribution in [0.3, 0.4) is 0 Å². The summed E-state index contributed by atoms with van der Waals surface area (Å²) in [6.45, 7) is 1.86. The summed E-state index contributed by atoms with van der Waals surface area (Å²) in [4.78, 5) is 40.3. The number of carbonyl (C=O) groups is 3. The Hall–Kier alpha value is -2.07. The molecule has 0 aliphatic carbocycles. The van der Waals surface area contributed by atoms with E-state index < -0.39 is 30.1 Å². The Morgan fingerprint density at radius 3 is 2.86 bits per heavy atom. The predicted octanol–water partition coefficient (Wildman–Crippen LogP) is -0.652. The minimum absolute atomic E-state index is 0.0343. The smallest absolute Gasteiger partial charge is 0.404 e. The summed E-state index contributed by atoms with van der Waals surface area (Å²) in [5.74, 6) is -0.486. The maximum atomic E-state index is 12.0. The predicted molar refractivity (Wildman–Crippen MR) is 67.3 cm³/mol. The van der Waals surface area contributed by atoms with Crippen molar-refractivity contribution in [1.82, 2.24) is 20.8 Å². The zero-order valence-electron chi connectivity index (χ0n) is 11.5. The van der Waals surface area contributed by atoms with Crippen LogP contribution in [0.25, 0.3) is 0 Å². The molecule has 118 valence electrons. The fraction of sp³-hybridized carbons (Fsp3) is 0.727. The van der Waals surface area contributed by atoms with Gasteiger partial charge in [-0.3, -0.25) is 14.8 Å². The van der Waals surface area contributed by atoms with Gasteiger partial charge in [0.05, 0.1) is 18.7 Å². The number of amides is 4. The third kappa shape index (κ3) is 3.34. The van der Waals surface area contributed by atoms with Gasteiger partial charge in [0, 0.05) is 6.54 Å². The Morgan fingerprint density at radius 1 is 1.48 bits per heavy atom. The van der Waals surface area contributed by atoms with E-state index in [0.717, 1.165) is 0 Å². The number of urea groups is 1. The Morgan fingerprint density at radius 2 is 2.19 bits per heavy atom. The van der Waals surface area contributed by atoms with Gasteiger partial charge in [-0.15, -0.1) is 0 Å². The maximum absolute atomic E-state index is 12.0. The van der Waals surface area contributed by atoms with E-state index in [2.05, 4.69) is 10.8 Å². The van der Waals surface area contributed by atoms with Gasteiger partial charge >= 0.3 is 12.1 Å². The molecule has 4 amide bonds. The summed E-state index contributed by atoms with van der Waals surface area (Å²) in [6.07, 6.45) is -0.208. The third-order valence-electron chi connectivity index (χ3n) is 3.52. The molecule has 2 aliphatic heterocycles. The summed E-state index contributed by atoms with van der Waals surface area (Å²) >= 11 is 0. The molecule has 0 saturated carbocycles. The molecule has 0 aromatic carbocycles. The molecule has 0 aromatic heterocycles. The van der Waals surface area contributed by atoms with Gasteiger partial charge < -0.3 is 15.3 Å². The van der Waals surface area contributed by atoms with Gasteiger partial charge in [-0.1, -0.05) is 0 Å². The minimum Gasteiger partial charge on any atom is -0.465 e. The zero-order valence-corrected chi connectivity index (χ0v) is 11.5. The van der Waals surface area contributed by atoms with Gasteiger partial charge in [0.1, 0.15) is 6.04 Å². The highest BCUT2D eigenvalue weighted by molar-refractivity contribution is 5.87. The molecule has 2 bridgehead atoms. The van der Waals surface area contributed by atoms with Gasteiger partial charge in [0.25, 0.3) is 5.91 Å². The highest BCUT2D eigenvalue weighted by atomic mass is 16.7. The minimum atomic E-state index is -1.18. The van der Waals surface area contributed by atoms with Crippen molar-refractivity contribution in [3.8, 4) is 0 Å². The first-order chi connectivity index (χ1) is 9.90. The van der Waals surface area contributed by atoms with Crippen LogP contribution in [-0.2, 0) is 9.63 Å². The topological polar surface area (TPSA) is 131 Å². The third-order valence-corrected chi connectivity index (χ3v) is 3.52. The van der Waals surface area contributed by atoms with Crippen LogP contribution in [0.4, 0.5) is 9.59 Å². The van der Waals surface area contributed by atoms with E-state index >= 15 is 0 Å². The van der Waals surface area contributed by atoms with Crippen LogP contribution in [0, 0.1) is 0 Å². The molecule has 10 nitrogen and oxygen atoms in total. The van der Waals surface area contributed by atoms with Gasteiger partial charge in [-0.25, -0.2) is 20.1 Å². The molecule has 2 rings (SSSR count). The van der Waals surface area contributed by atoms with Crippen LogP contribution in [0.5, 0.6) is 0 Å². The molecular formula is C11H18N4O6. The number of carbonyl (C=O) groups excluding carboxylic acids is 2. The molecule has 21 heavy (non-hydrogen) atoms. The van der Waals surface area contributed by atoms with Crippen molar-refractivity contribution in [2.75, 3.05) is 13.2 Å². The van der Waals surface area contributed by atoms with Crippen molar-refractivity contribution in [2.24, 2.45) is 0 Å². The van der Waals surface area contributed by atoms with Crippen molar-refractivity contribution < 1.29 is 29.5 Å². The van der Waals surface area contributed by atoms with E-state index in [-0.39, 0.29) is 12.6 Å². The van der Waals surface area contributed by atoms with Gasteiger partial charge in [0.15, 0.2) is 0 Å². The Labute approximate surface area is 120 Å². The first kappa shape index (κ1) is 15.3. The maximum Gasteiger partial charge on any atom is 0.404 e. The lowest BCUT2D eigenvalue weighted by molar-refractivity contribution is -0.139. The van der Waals surface area contributed by atoms with Crippen molar-refractivity contribution in [1.29, 1.82) is 0 Å². The highest BCUT2D eigenvalue weighted by Gasteiger charge is 2.46. The van der Waals surface area contributed by atoms with Crippen LogP contribution in [0.1, 0.15) is 19.8 Å². The Bertz CT molecular complexity index is 444. The second-order valence-corrected chi connectivity index (χ2v) is 5.15. The average molecular weight is 302 g/mol. The summed E-state index contributed by atoms with van der Waals surface area (Å²) in [6, 6.07) is -2.02. The van der Waals surface area contributed by atoms with Crippen LogP contribution in [-0.4, -0.2) is 69.6 Å². The highest BCUT2D eigenvalue weighted by Crippen LogP contribution is 2.28. The quantitative estimate of drug-likeness (QED) is 0.394. The van der Waals surface area contributed by atoms with Crippen molar-refractivity contribution in [3.63, 3.8) is 0 Å². The molecule has 1 unspecified atom stereocenters. The summed E-state index contributed by atoms with van der Waals surface area (Å²) in [7, 11) is 0. The molecule has 0 radical (unpaired) electrons. The number of piperidine rings is 1.